The first-order valence-corrected chi connectivity index (χ1v) is 15.6. The maximum Gasteiger partial charge on any atom is 0.261 e. The highest BCUT2D eigenvalue weighted by atomic mass is 32.2. The second-order valence-corrected chi connectivity index (χ2v) is 11.9. The van der Waals surface area contributed by atoms with E-state index < -0.39 is 0 Å². The first kappa shape index (κ1) is 26.6. The van der Waals surface area contributed by atoms with Crippen molar-refractivity contribution in [1.82, 2.24) is 4.90 Å². The Balaban J connectivity index is 0.882. The lowest BCUT2D eigenvalue weighted by Crippen LogP contribution is -2.40. The number of anilines is 2. The minimum Gasteiger partial charge on any atom is -0.340 e. The molecule has 5 heteroatoms. The molecule has 4 aromatic carbocycles. The average molecular weight is 549 g/mol. The Hall–Kier alpha value is -3.57. The van der Waals surface area contributed by atoms with Crippen molar-refractivity contribution < 1.29 is 9.59 Å². The highest BCUT2D eigenvalue weighted by molar-refractivity contribution is 7.99. The van der Waals surface area contributed by atoms with E-state index in [0.29, 0.717) is 17.7 Å². The van der Waals surface area contributed by atoms with Gasteiger partial charge in [0.25, 0.3) is 11.8 Å². The van der Waals surface area contributed by atoms with Crippen LogP contribution in [0.1, 0.15) is 78.5 Å². The molecule has 0 aromatic heterocycles. The van der Waals surface area contributed by atoms with E-state index in [2.05, 4.69) is 53.4 Å². The summed E-state index contributed by atoms with van der Waals surface area (Å²) >= 11 is 1.87. The van der Waals surface area contributed by atoms with Gasteiger partial charge in [0.15, 0.2) is 0 Å². The third-order valence-electron chi connectivity index (χ3n) is 8.15. The molecule has 2 aliphatic rings. The van der Waals surface area contributed by atoms with Crippen LogP contribution in [0.5, 0.6) is 0 Å². The Labute approximate surface area is 241 Å². The lowest BCUT2D eigenvalue weighted by molar-refractivity contribution is 0.0607. The van der Waals surface area contributed by atoms with Crippen molar-refractivity contribution >= 4 is 45.7 Å². The van der Waals surface area contributed by atoms with E-state index in [-0.39, 0.29) is 11.8 Å². The quantitative estimate of drug-likeness (QED) is 0.131. The van der Waals surface area contributed by atoms with Crippen LogP contribution in [0.4, 0.5) is 11.4 Å². The van der Waals surface area contributed by atoms with Crippen LogP contribution >= 0.6 is 11.8 Å². The standard InChI is InChI=1S/C35H36N2O2S/c38-34-27-18-14-16-26-17-15-19-28(33(26)27)35(39)37(34)25-13-7-5-3-1-2-4-6-12-24-36-29-20-8-10-22-31(29)40-32-23-11-9-21-30(32)36/h8-11,14-23H,1-7,12-13,24-25H2. The number of hydrogen-bond donors (Lipinski definition) is 0. The van der Waals surface area contributed by atoms with E-state index in [1.807, 2.05) is 48.2 Å². The summed E-state index contributed by atoms with van der Waals surface area (Å²) in [6.07, 6.45) is 10.5. The third kappa shape index (κ3) is 5.40. The number of unbranched alkanes of at least 4 members (excludes halogenated alkanes) is 8. The molecule has 0 unspecified atom stereocenters. The normalized spacial score (nSPS) is 14.0. The molecule has 0 saturated heterocycles. The molecule has 6 rings (SSSR count). The van der Waals surface area contributed by atoms with Gasteiger partial charge in [-0.3, -0.25) is 14.5 Å². The van der Waals surface area contributed by atoms with Gasteiger partial charge in [0.2, 0.25) is 0 Å². The fraction of sp³-hybridized carbons (Fsp3) is 0.314. The number of imide groups is 1. The minimum absolute atomic E-state index is 0.149. The van der Waals surface area contributed by atoms with E-state index in [0.717, 1.165) is 36.6 Å². The highest BCUT2D eigenvalue weighted by Crippen LogP contribution is 2.47. The van der Waals surface area contributed by atoms with E-state index in [9.17, 15) is 9.59 Å². The van der Waals surface area contributed by atoms with Crippen LogP contribution < -0.4 is 4.90 Å². The predicted octanol–water partition coefficient (Wildman–Crippen LogP) is 9.25. The van der Waals surface area contributed by atoms with Crippen LogP contribution in [-0.2, 0) is 0 Å². The molecule has 0 spiro atoms. The maximum atomic E-state index is 13.0. The van der Waals surface area contributed by atoms with E-state index in [1.165, 1.54) is 64.6 Å². The van der Waals surface area contributed by atoms with Gasteiger partial charge in [-0.2, -0.15) is 0 Å². The number of rotatable bonds is 12. The van der Waals surface area contributed by atoms with Crippen LogP contribution in [0.2, 0.25) is 0 Å². The molecule has 0 N–H and O–H groups in total. The van der Waals surface area contributed by atoms with Crippen LogP contribution in [0.25, 0.3) is 10.8 Å². The molecule has 40 heavy (non-hydrogen) atoms. The Morgan fingerprint density at radius 1 is 0.475 bits per heavy atom. The number of amides is 2. The summed E-state index contributed by atoms with van der Waals surface area (Å²) in [4.78, 5) is 32.7. The molecule has 0 aliphatic carbocycles. The summed E-state index contributed by atoms with van der Waals surface area (Å²) in [7, 11) is 0. The molecule has 4 nitrogen and oxygen atoms in total. The molecule has 4 aromatic rings. The van der Waals surface area contributed by atoms with Crippen LogP contribution in [0.3, 0.4) is 0 Å². The second-order valence-electron chi connectivity index (χ2n) is 10.8. The van der Waals surface area contributed by atoms with Gasteiger partial charge in [0.1, 0.15) is 0 Å². The number of carbonyl (C=O) groups is 2. The Morgan fingerprint density at radius 2 is 0.925 bits per heavy atom. The predicted molar refractivity (Wildman–Crippen MR) is 165 cm³/mol. The van der Waals surface area contributed by atoms with Gasteiger partial charge in [-0.15, -0.1) is 0 Å². The zero-order valence-corrected chi connectivity index (χ0v) is 23.8. The molecule has 0 radical (unpaired) electrons. The fourth-order valence-electron chi connectivity index (χ4n) is 6.08. The SMILES string of the molecule is O=C1c2cccc3cccc(c23)C(=O)N1CCCCCCCCCCCN1c2ccccc2Sc2ccccc21. The molecular formula is C35H36N2O2S. The Kier molecular flexibility index (Phi) is 8.19. The molecule has 0 saturated carbocycles. The first-order chi connectivity index (χ1) is 19.7. The van der Waals surface area contributed by atoms with E-state index in [4.69, 9.17) is 0 Å². The monoisotopic (exact) mass is 548 g/mol. The lowest BCUT2D eigenvalue weighted by atomic mass is 9.94. The van der Waals surface area contributed by atoms with Crippen LogP contribution in [0, 0.1) is 0 Å². The molecule has 0 bridgehead atoms. The zero-order chi connectivity index (χ0) is 27.3. The highest BCUT2D eigenvalue weighted by Gasteiger charge is 2.32. The molecule has 0 atom stereocenters. The van der Waals surface area contributed by atoms with Gasteiger partial charge in [-0.05, 0) is 54.6 Å². The first-order valence-electron chi connectivity index (χ1n) is 14.7. The summed E-state index contributed by atoms with van der Waals surface area (Å²) in [6, 6.07) is 28.9. The maximum absolute atomic E-state index is 13.0. The largest absolute Gasteiger partial charge is 0.340 e. The molecular weight excluding hydrogens is 512 g/mol. The topological polar surface area (TPSA) is 40.6 Å². The van der Waals surface area contributed by atoms with Crippen LogP contribution in [0.15, 0.2) is 94.7 Å². The van der Waals surface area contributed by atoms with Crippen molar-refractivity contribution in [2.75, 3.05) is 18.0 Å². The van der Waals surface area contributed by atoms with Gasteiger partial charge >= 0.3 is 0 Å². The summed E-state index contributed by atoms with van der Waals surface area (Å²) in [5.74, 6) is -0.297. The summed E-state index contributed by atoms with van der Waals surface area (Å²) in [5, 5.41) is 1.76. The number of nitrogens with zero attached hydrogens (tertiary/aromatic N) is 2. The average Bonchev–Trinajstić information content (AvgIpc) is 2.99. The summed E-state index contributed by atoms with van der Waals surface area (Å²) in [5.41, 5.74) is 3.97. The van der Waals surface area contributed by atoms with Gasteiger partial charge in [0, 0.05) is 39.4 Å². The molecule has 204 valence electrons. The van der Waals surface area contributed by atoms with Gasteiger partial charge in [0.05, 0.1) is 11.4 Å². The van der Waals surface area contributed by atoms with Crippen molar-refractivity contribution in [3.05, 3.63) is 96.1 Å². The minimum atomic E-state index is -0.149. The summed E-state index contributed by atoms with van der Waals surface area (Å²) in [6.45, 7) is 1.56. The molecule has 2 heterocycles. The third-order valence-corrected chi connectivity index (χ3v) is 9.28. The van der Waals surface area contributed by atoms with Crippen molar-refractivity contribution in [3.8, 4) is 0 Å². The molecule has 2 amide bonds. The smallest absolute Gasteiger partial charge is 0.261 e. The van der Waals surface area contributed by atoms with Gasteiger partial charge in [-0.1, -0.05) is 105 Å². The Morgan fingerprint density at radius 3 is 1.45 bits per heavy atom. The number of para-hydroxylation sites is 2. The van der Waals surface area contributed by atoms with Gasteiger partial charge in [-0.25, -0.2) is 0 Å². The fourth-order valence-corrected chi connectivity index (χ4v) is 7.18. The number of fused-ring (bicyclic) bond motifs is 2. The van der Waals surface area contributed by atoms with Crippen molar-refractivity contribution in [2.24, 2.45) is 0 Å². The van der Waals surface area contributed by atoms with Crippen molar-refractivity contribution in [1.29, 1.82) is 0 Å². The second kappa shape index (κ2) is 12.3. The van der Waals surface area contributed by atoms with Gasteiger partial charge < -0.3 is 4.90 Å². The van der Waals surface area contributed by atoms with E-state index in [1.54, 1.807) is 0 Å². The van der Waals surface area contributed by atoms with Crippen LogP contribution in [-0.4, -0.2) is 29.8 Å². The Bertz CT molecular complexity index is 1430. The van der Waals surface area contributed by atoms with Crippen molar-refractivity contribution in [3.63, 3.8) is 0 Å². The molecule has 0 fully saturated rings. The summed E-state index contributed by atoms with van der Waals surface area (Å²) < 4.78 is 0. The number of hydrogen-bond acceptors (Lipinski definition) is 4. The number of benzene rings is 4. The zero-order valence-electron chi connectivity index (χ0n) is 23.0. The van der Waals surface area contributed by atoms with E-state index >= 15 is 0 Å². The molecule has 2 aliphatic heterocycles. The van der Waals surface area contributed by atoms with Crippen molar-refractivity contribution in [2.45, 2.75) is 67.6 Å². The lowest BCUT2D eigenvalue weighted by Gasteiger charge is -2.32. The number of carbonyl (C=O) groups excluding carboxylic acids is 2.